The van der Waals surface area contributed by atoms with Crippen molar-refractivity contribution in [2.24, 2.45) is 23.0 Å². The third kappa shape index (κ3) is 4.55. The van der Waals surface area contributed by atoms with E-state index >= 15 is 0 Å². The summed E-state index contributed by atoms with van der Waals surface area (Å²) in [5, 5.41) is 2.62. The van der Waals surface area contributed by atoms with Crippen molar-refractivity contribution in [3.05, 3.63) is 0 Å². The smallest absolute Gasteiger partial charge is 0.355 e. The van der Waals surface area contributed by atoms with E-state index in [1.807, 2.05) is 20.8 Å². The highest BCUT2D eigenvalue weighted by Crippen LogP contribution is 2.44. The molecule has 1 rings (SSSR count). The van der Waals surface area contributed by atoms with Crippen LogP contribution in [-0.4, -0.2) is 29.8 Å². The number of amides is 1. The van der Waals surface area contributed by atoms with E-state index in [-0.39, 0.29) is 53.3 Å². The zero-order valence-corrected chi connectivity index (χ0v) is 12.9. The molecule has 3 unspecified atom stereocenters. The Hall–Kier alpha value is -0.430. The molecule has 0 aromatic heterocycles. The average Bonchev–Trinajstić information content (AvgIpc) is 2.30. The van der Waals surface area contributed by atoms with Crippen molar-refractivity contribution < 1.29 is 18.0 Å². The lowest BCUT2D eigenvalue weighted by atomic mass is 9.61. The summed E-state index contributed by atoms with van der Waals surface area (Å²) in [5.41, 5.74) is 1.55. The number of carbonyl (C=O) groups is 1. The first-order valence-corrected chi connectivity index (χ1v) is 7.78. The maximum atomic E-state index is 12.1. The highest BCUT2D eigenvalue weighted by atomic mass is 32.2. The van der Waals surface area contributed by atoms with Crippen molar-refractivity contribution in [2.45, 2.75) is 45.2 Å². The van der Waals surface area contributed by atoms with Gasteiger partial charge in [0.1, 0.15) is 0 Å². The van der Waals surface area contributed by atoms with E-state index in [0.29, 0.717) is 6.42 Å². The van der Waals surface area contributed by atoms with Crippen LogP contribution in [0.4, 0.5) is 13.2 Å². The van der Waals surface area contributed by atoms with Gasteiger partial charge in [-0.15, -0.1) is 0 Å². The summed E-state index contributed by atoms with van der Waals surface area (Å²) in [7, 11) is 0. The zero-order chi connectivity index (χ0) is 15.6. The Balaban J connectivity index is 2.47. The normalized spacial score (nSPS) is 30.1. The van der Waals surface area contributed by atoms with Crippen LogP contribution in [0.5, 0.6) is 0 Å². The number of thioether (sulfide) groups is 1. The summed E-state index contributed by atoms with van der Waals surface area (Å²) in [6.45, 7) is 6.08. The highest BCUT2D eigenvalue weighted by molar-refractivity contribution is 8.00. The summed E-state index contributed by atoms with van der Waals surface area (Å²) < 4.78 is 36.0. The first kappa shape index (κ1) is 17.6. The van der Waals surface area contributed by atoms with Crippen molar-refractivity contribution in [2.75, 3.05) is 12.3 Å². The molecule has 0 bridgehead atoms. The molecule has 1 aliphatic rings. The number of hydrogen-bond acceptors (Lipinski definition) is 3. The number of rotatable bonds is 4. The fourth-order valence-electron chi connectivity index (χ4n) is 2.78. The average molecular weight is 312 g/mol. The summed E-state index contributed by atoms with van der Waals surface area (Å²) in [4.78, 5) is 12.1. The van der Waals surface area contributed by atoms with E-state index < -0.39 is 5.51 Å². The molecule has 0 aliphatic heterocycles. The van der Waals surface area contributed by atoms with Crippen LogP contribution in [0.2, 0.25) is 0 Å². The molecule has 0 saturated heterocycles. The van der Waals surface area contributed by atoms with Gasteiger partial charge in [-0.3, -0.25) is 4.79 Å². The third-order valence-corrected chi connectivity index (χ3v) is 5.22. The van der Waals surface area contributed by atoms with Crippen molar-refractivity contribution in [1.29, 1.82) is 0 Å². The van der Waals surface area contributed by atoms with Crippen LogP contribution in [0.25, 0.3) is 0 Å². The maximum absolute atomic E-state index is 12.1. The van der Waals surface area contributed by atoms with E-state index in [4.69, 9.17) is 5.73 Å². The first-order chi connectivity index (χ1) is 9.05. The van der Waals surface area contributed by atoms with Crippen LogP contribution < -0.4 is 11.1 Å². The van der Waals surface area contributed by atoms with E-state index in [2.05, 4.69) is 5.32 Å². The molecule has 3 atom stereocenters. The predicted molar refractivity (Wildman–Crippen MR) is 75.2 cm³/mol. The molecule has 1 saturated carbocycles. The summed E-state index contributed by atoms with van der Waals surface area (Å²) in [6.07, 6.45) is 1.47. The van der Waals surface area contributed by atoms with Gasteiger partial charge in [0.15, 0.2) is 0 Å². The maximum Gasteiger partial charge on any atom is 0.441 e. The van der Waals surface area contributed by atoms with Crippen molar-refractivity contribution >= 4 is 17.7 Å². The standard InChI is InChI=1S/C13H23F3N2OS/c1-8-10(17)5-4-9(12(8,2)3)11(19)18-6-7-20-13(14,15)16/h8-10H,4-7,17H2,1-3H3,(H,18,19). The monoisotopic (exact) mass is 312 g/mol. The topological polar surface area (TPSA) is 55.1 Å². The molecule has 0 spiro atoms. The Labute approximate surface area is 122 Å². The minimum atomic E-state index is -4.24. The lowest BCUT2D eigenvalue weighted by molar-refractivity contribution is -0.132. The molecule has 1 amide bonds. The Bertz CT molecular complexity index is 347. The van der Waals surface area contributed by atoms with Gasteiger partial charge in [-0.05, 0) is 35.9 Å². The molecule has 0 radical (unpaired) electrons. The van der Waals surface area contributed by atoms with Crippen LogP contribution in [-0.2, 0) is 4.79 Å². The first-order valence-electron chi connectivity index (χ1n) is 6.79. The Kier molecular flexibility index (Phi) is 5.78. The zero-order valence-electron chi connectivity index (χ0n) is 12.1. The number of nitrogens with one attached hydrogen (secondary N) is 1. The second kappa shape index (κ2) is 6.56. The molecule has 0 aromatic rings. The van der Waals surface area contributed by atoms with Gasteiger partial charge >= 0.3 is 5.51 Å². The van der Waals surface area contributed by atoms with Gasteiger partial charge < -0.3 is 11.1 Å². The van der Waals surface area contributed by atoms with Crippen molar-refractivity contribution in [3.63, 3.8) is 0 Å². The van der Waals surface area contributed by atoms with Gasteiger partial charge in [-0.25, -0.2) is 0 Å². The minimum Gasteiger partial charge on any atom is -0.355 e. The van der Waals surface area contributed by atoms with Gasteiger partial charge in [0.2, 0.25) is 5.91 Å². The van der Waals surface area contributed by atoms with Crippen molar-refractivity contribution in [1.82, 2.24) is 5.32 Å². The van der Waals surface area contributed by atoms with Crippen LogP contribution in [0.15, 0.2) is 0 Å². The molecule has 1 aliphatic carbocycles. The second-order valence-corrected chi connectivity index (χ2v) is 7.15. The van der Waals surface area contributed by atoms with Crippen LogP contribution in [0.3, 0.4) is 0 Å². The summed E-state index contributed by atoms with van der Waals surface area (Å²) >= 11 is -0.112. The van der Waals surface area contributed by atoms with E-state index in [9.17, 15) is 18.0 Å². The minimum absolute atomic E-state index is 0.0377. The van der Waals surface area contributed by atoms with Crippen LogP contribution >= 0.6 is 11.8 Å². The molecule has 7 heteroatoms. The molecule has 118 valence electrons. The quantitative estimate of drug-likeness (QED) is 0.785. The van der Waals surface area contributed by atoms with Gasteiger partial charge in [0.05, 0.1) is 0 Å². The fraction of sp³-hybridized carbons (Fsp3) is 0.923. The molecule has 0 heterocycles. The third-order valence-electron chi connectivity index (χ3n) is 4.49. The number of hydrogen-bond donors (Lipinski definition) is 2. The van der Waals surface area contributed by atoms with Gasteiger partial charge in [-0.1, -0.05) is 20.8 Å². The molecular formula is C13H23F3N2OS. The predicted octanol–water partition coefficient (Wildman–Crippen LogP) is 2.76. The second-order valence-electron chi connectivity index (χ2n) is 5.99. The molecule has 20 heavy (non-hydrogen) atoms. The number of nitrogens with two attached hydrogens (primary N) is 1. The number of carbonyl (C=O) groups excluding carboxylic acids is 1. The Morgan fingerprint density at radius 3 is 2.55 bits per heavy atom. The van der Waals surface area contributed by atoms with Crippen LogP contribution in [0.1, 0.15) is 33.6 Å². The number of alkyl halides is 3. The highest BCUT2D eigenvalue weighted by Gasteiger charge is 2.44. The SMILES string of the molecule is CC1C(N)CCC(C(=O)NCCSC(F)(F)F)C1(C)C. The molecule has 1 fully saturated rings. The molecule has 3 nitrogen and oxygen atoms in total. The van der Waals surface area contributed by atoms with E-state index in [1.165, 1.54) is 0 Å². The lowest BCUT2D eigenvalue weighted by Crippen LogP contribution is -2.51. The number of halogens is 3. The van der Waals surface area contributed by atoms with Gasteiger partial charge in [-0.2, -0.15) is 13.2 Å². The van der Waals surface area contributed by atoms with Gasteiger partial charge in [0, 0.05) is 24.3 Å². The molecule has 3 N–H and O–H groups in total. The molecular weight excluding hydrogens is 289 g/mol. The Morgan fingerprint density at radius 1 is 1.40 bits per heavy atom. The van der Waals surface area contributed by atoms with Gasteiger partial charge in [0.25, 0.3) is 0 Å². The largest absolute Gasteiger partial charge is 0.441 e. The summed E-state index contributed by atoms with van der Waals surface area (Å²) in [5.74, 6) is -0.293. The van der Waals surface area contributed by atoms with E-state index in [1.54, 1.807) is 0 Å². The fourth-order valence-corrected chi connectivity index (χ4v) is 3.22. The Morgan fingerprint density at radius 2 is 2.00 bits per heavy atom. The van der Waals surface area contributed by atoms with E-state index in [0.717, 1.165) is 6.42 Å². The van der Waals surface area contributed by atoms with Crippen molar-refractivity contribution in [3.8, 4) is 0 Å². The summed E-state index contributed by atoms with van der Waals surface area (Å²) in [6, 6.07) is 0.0786. The van der Waals surface area contributed by atoms with Crippen LogP contribution in [0, 0.1) is 17.3 Å². The molecule has 0 aromatic carbocycles. The lowest BCUT2D eigenvalue weighted by Gasteiger charge is -2.46.